The smallest absolute Gasteiger partial charge is 0.393 e. The first-order valence-corrected chi connectivity index (χ1v) is 6.60. The molecule has 0 saturated heterocycles. The molecule has 0 bridgehead atoms. The zero-order valence-corrected chi connectivity index (χ0v) is 10.9. The summed E-state index contributed by atoms with van der Waals surface area (Å²) in [4.78, 5) is 0. The minimum atomic E-state index is -4.40. The fourth-order valence-corrected chi connectivity index (χ4v) is 2.33. The summed E-state index contributed by atoms with van der Waals surface area (Å²) in [6, 6.07) is 4.73. The van der Waals surface area contributed by atoms with Gasteiger partial charge in [-0.05, 0) is 43.0 Å². The Hall–Kier alpha value is -1.11. The van der Waals surface area contributed by atoms with Crippen LogP contribution in [-0.4, -0.2) is 29.4 Å². The molecule has 0 aliphatic heterocycles. The molecule has 1 aromatic rings. The van der Waals surface area contributed by atoms with E-state index in [1.54, 1.807) is 0 Å². The van der Waals surface area contributed by atoms with Gasteiger partial charge in [-0.25, -0.2) is 0 Å². The van der Waals surface area contributed by atoms with Gasteiger partial charge in [0.25, 0.3) is 0 Å². The summed E-state index contributed by atoms with van der Waals surface area (Å²) >= 11 is 0. The second-order valence-corrected chi connectivity index (χ2v) is 5.29. The van der Waals surface area contributed by atoms with Crippen molar-refractivity contribution in [2.75, 3.05) is 13.1 Å². The van der Waals surface area contributed by atoms with Gasteiger partial charge in [0.05, 0.1) is 17.8 Å². The molecule has 3 nitrogen and oxygen atoms in total. The number of rotatable bonds is 5. The third-order valence-electron chi connectivity index (χ3n) is 3.58. The largest absolute Gasteiger partial charge is 0.416 e. The molecule has 0 radical (unpaired) electrons. The van der Waals surface area contributed by atoms with E-state index in [-0.39, 0.29) is 18.2 Å². The van der Waals surface area contributed by atoms with Crippen LogP contribution < -0.4 is 5.32 Å². The van der Waals surface area contributed by atoms with Gasteiger partial charge in [-0.1, -0.05) is 12.1 Å². The van der Waals surface area contributed by atoms with E-state index < -0.39 is 17.8 Å². The number of alkyl halides is 3. The molecule has 1 aliphatic rings. The van der Waals surface area contributed by atoms with Crippen LogP contribution in [0.4, 0.5) is 13.2 Å². The van der Waals surface area contributed by atoms with E-state index in [0.717, 1.165) is 25.0 Å². The standard InChI is InChI=1S/C14H18F3NO2/c15-14(16,17)11-3-1-2-10(6-11)13(20)8-18-7-9-4-12(19)5-9/h1-3,6,9,12-13,18-20H,4-5,7-8H2. The topological polar surface area (TPSA) is 52.5 Å². The van der Waals surface area contributed by atoms with E-state index in [1.165, 1.54) is 12.1 Å². The lowest BCUT2D eigenvalue weighted by Crippen LogP contribution is -2.37. The average molecular weight is 289 g/mol. The molecule has 1 unspecified atom stereocenters. The quantitative estimate of drug-likeness (QED) is 0.778. The van der Waals surface area contributed by atoms with E-state index in [1.807, 2.05) is 0 Å². The van der Waals surface area contributed by atoms with Crippen molar-refractivity contribution in [3.05, 3.63) is 35.4 Å². The lowest BCUT2D eigenvalue weighted by atomic mass is 9.82. The molecule has 1 fully saturated rings. The number of hydrogen-bond donors (Lipinski definition) is 3. The van der Waals surface area contributed by atoms with Crippen LogP contribution in [0.3, 0.4) is 0 Å². The molecule has 1 saturated carbocycles. The summed E-state index contributed by atoms with van der Waals surface area (Å²) in [5, 5.41) is 22.0. The van der Waals surface area contributed by atoms with Gasteiger partial charge in [-0.15, -0.1) is 0 Å². The number of aliphatic hydroxyl groups is 2. The maximum Gasteiger partial charge on any atom is 0.416 e. The van der Waals surface area contributed by atoms with E-state index in [9.17, 15) is 18.3 Å². The summed E-state index contributed by atoms with van der Waals surface area (Å²) in [6.07, 6.45) is -4.11. The van der Waals surface area contributed by atoms with Crippen molar-refractivity contribution in [2.24, 2.45) is 5.92 Å². The summed E-state index contributed by atoms with van der Waals surface area (Å²) in [5.41, 5.74) is -0.503. The van der Waals surface area contributed by atoms with E-state index in [0.29, 0.717) is 12.5 Å². The number of hydrogen-bond acceptors (Lipinski definition) is 3. The fraction of sp³-hybridized carbons (Fsp3) is 0.571. The number of halogens is 3. The van der Waals surface area contributed by atoms with Crippen LogP contribution in [0.5, 0.6) is 0 Å². The van der Waals surface area contributed by atoms with Crippen molar-refractivity contribution in [1.82, 2.24) is 5.32 Å². The summed E-state index contributed by atoms with van der Waals surface area (Å²) < 4.78 is 37.7. The molecular formula is C14H18F3NO2. The van der Waals surface area contributed by atoms with Crippen molar-refractivity contribution in [3.8, 4) is 0 Å². The lowest BCUT2D eigenvalue weighted by Gasteiger charge is -2.31. The van der Waals surface area contributed by atoms with Gasteiger partial charge in [0.1, 0.15) is 0 Å². The molecule has 0 heterocycles. The molecular weight excluding hydrogens is 271 g/mol. The number of benzene rings is 1. The first kappa shape index (κ1) is 15.3. The van der Waals surface area contributed by atoms with Crippen molar-refractivity contribution >= 4 is 0 Å². The summed E-state index contributed by atoms with van der Waals surface area (Å²) in [7, 11) is 0. The molecule has 20 heavy (non-hydrogen) atoms. The van der Waals surface area contributed by atoms with Crippen LogP contribution in [-0.2, 0) is 6.18 Å². The summed E-state index contributed by atoms with van der Waals surface area (Å²) in [6.45, 7) is 0.862. The van der Waals surface area contributed by atoms with Crippen LogP contribution in [0.15, 0.2) is 24.3 Å². The highest BCUT2D eigenvalue weighted by atomic mass is 19.4. The Bertz CT molecular complexity index is 444. The molecule has 0 aromatic heterocycles. The van der Waals surface area contributed by atoms with E-state index in [2.05, 4.69) is 5.32 Å². The molecule has 1 aromatic carbocycles. The molecule has 112 valence electrons. The lowest BCUT2D eigenvalue weighted by molar-refractivity contribution is -0.137. The maximum atomic E-state index is 12.6. The van der Waals surface area contributed by atoms with Crippen molar-refractivity contribution in [1.29, 1.82) is 0 Å². The normalized spacial score (nSPS) is 24.2. The van der Waals surface area contributed by atoms with Crippen LogP contribution in [0.25, 0.3) is 0 Å². The zero-order chi connectivity index (χ0) is 14.8. The molecule has 6 heteroatoms. The Morgan fingerprint density at radius 1 is 1.30 bits per heavy atom. The van der Waals surface area contributed by atoms with Crippen LogP contribution in [0.2, 0.25) is 0 Å². The SMILES string of the molecule is OC1CC(CNCC(O)c2cccc(C(F)(F)F)c2)C1. The van der Waals surface area contributed by atoms with Crippen LogP contribution >= 0.6 is 0 Å². The second-order valence-electron chi connectivity index (χ2n) is 5.29. The van der Waals surface area contributed by atoms with Gasteiger partial charge in [-0.3, -0.25) is 0 Å². The Morgan fingerprint density at radius 3 is 2.60 bits per heavy atom. The monoisotopic (exact) mass is 289 g/mol. The van der Waals surface area contributed by atoms with Crippen molar-refractivity contribution < 1.29 is 23.4 Å². The van der Waals surface area contributed by atoms with Gasteiger partial charge in [0.15, 0.2) is 0 Å². The van der Waals surface area contributed by atoms with Crippen LogP contribution in [0.1, 0.15) is 30.1 Å². The Kier molecular flexibility index (Phi) is 4.67. The fourth-order valence-electron chi connectivity index (χ4n) is 2.33. The third kappa shape index (κ3) is 3.94. The van der Waals surface area contributed by atoms with Gasteiger partial charge in [0.2, 0.25) is 0 Å². The Morgan fingerprint density at radius 2 is 2.00 bits per heavy atom. The highest BCUT2D eigenvalue weighted by Crippen LogP contribution is 2.30. The molecule has 3 N–H and O–H groups in total. The minimum absolute atomic E-state index is 0.202. The average Bonchev–Trinajstić information content (AvgIpc) is 2.35. The van der Waals surface area contributed by atoms with E-state index in [4.69, 9.17) is 5.11 Å². The number of aliphatic hydroxyl groups excluding tert-OH is 2. The molecule has 0 spiro atoms. The third-order valence-corrected chi connectivity index (χ3v) is 3.58. The van der Waals surface area contributed by atoms with Crippen molar-refractivity contribution in [3.63, 3.8) is 0 Å². The van der Waals surface area contributed by atoms with Crippen molar-refractivity contribution in [2.45, 2.75) is 31.2 Å². The highest BCUT2D eigenvalue weighted by molar-refractivity contribution is 5.27. The number of nitrogens with one attached hydrogen (secondary N) is 1. The predicted octanol–water partition coefficient (Wildman–Crippen LogP) is 2.10. The predicted molar refractivity (Wildman–Crippen MR) is 68.0 cm³/mol. The highest BCUT2D eigenvalue weighted by Gasteiger charge is 2.31. The molecule has 1 atom stereocenters. The van der Waals surface area contributed by atoms with Gasteiger partial charge in [0, 0.05) is 6.54 Å². The molecule has 2 rings (SSSR count). The minimum Gasteiger partial charge on any atom is -0.393 e. The maximum absolute atomic E-state index is 12.6. The molecule has 0 amide bonds. The Labute approximate surface area is 115 Å². The second kappa shape index (κ2) is 6.11. The van der Waals surface area contributed by atoms with Gasteiger partial charge < -0.3 is 15.5 Å². The first-order valence-electron chi connectivity index (χ1n) is 6.60. The van der Waals surface area contributed by atoms with Gasteiger partial charge in [-0.2, -0.15) is 13.2 Å². The summed E-state index contributed by atoms with van der Waals surface area (Å²) in [5.74, 6) is 0.388. The first-order chi connectivity index (χ1) is 9.36. The molecule has 1 aliphatic carbocycles. The van der Waals surface area contributed by atoms with Gasteiger partial charge >= 0.3 is 6.18 Å². The Balaban J connectivity index is 1.84. The van der Waals surface area contributed by atoms with Crippen LogP contribution in [0, 0.1) is 5.92 Å². The van der Waals surface area contributed by atoms with E-state index >= 15 is 0 Å². The zero-order valence-electron chi connectivity index (χ0n) is 10.9.